The van der Waals surface area contributed by atoms with Gasteiger partial charge in [0.15, 0.2) is 57.9 Å². The van der Waals surface area contributed by atoms with Crippen LogP contribution in [-0.2, 0) is 15.2 Å². The van der Waals surface area contributed by atoms with Crippen molar-refractivity contribution in [3.8, 4) is 34.4 Å². The lowest BCUT2D eigenvalue weighted by atomic mass is 10.2. The van der Waals surface area contributed by atoms with Crippen molar-refractivity contribution in [2.24, 2.45) is 0 Å². The number of ether oxygens (including phenoxy) is 4. The van der Waals surface area contributed by atoms with E-state index in [-0.39, 0.29) is 48.5 Å². The minimum absolute atomic E-state index is 0.134. The molecule has 254 valence electrons. The highest BCUT2D eigenvalue weighted by atomic mass is 35.6. The molecule has 0 unspecified atom stereocenters. The van der Waals surface area contributed by atoms with Gasteiger partial charge in [-0.25, -0.2) is 29.9 Å². The fourth-order valence-corrected chi connectivity index (χ4v) is 4.72. The highest BCUT2D eigenvalue weighted by Gasteiger charge is 2.35. The molecule has 2 aromatic heterocycles. The van der Waals surface area contributed by atoms with E-state index in [0.717, 1.165) is 5.56 Å². The molecular weight excluding hydrogens is 886 g/mol. The standard InChI is InChI=1S/C14H7Cl6N3O2.C12H5Cl6N3O2/c15-13(16,17)11-21-10(22-12(23-11)14(18,19)20)4-2-7-1-3-8-9(5-7)25-6-24-8;13-11(14,15)9-19-8(20-10(21-9)12(16,17)18)5-1-2-6-7(3-5)23-4-22-6/h1-5H,6H2;1-3H,4H2. The molecule has 22 heteroatoms. The summed E-state index contributed by atoms with van der Waals surface area (Å²) in [4.78, 5) is 24.2. The van der Waals surface area contributed by atoms with Gasteiger partial charge in [-0.05, 0) is 42.0 Å². The number of aromatic nitrogens is 6. The van der Waals surface area contributed by atoms with Gasteiger partial charge in [0.1, 0.15) is 0 Å². The van der Waals surface area contributed by atoms with Gasteiger partial charge in [0.05, 0.1) is 0 Å². The smallest absolute Gasteiger partial charge is 0.250 e. The maximum Gasteiger partial charge on any atom is 0.250 e. The molecule has 6 rings (SSSR count). The van der Waals surface area contributed by atoms with E-state index >= 15 is 0 Å². The fourth-order valence-electron chi connectivity index (χ4n) is 3.70. The molecule has 2 aromatic carbocycles. The number of alkyl halides is 12. The van der Waals surface area contributed by atoms with Crippen LogP contribution in [0.2, 0.25) is 0 Å². The molecule has 0 saturated carbocycles. The summed E-state index contributed by atoms with van der Waals surface area (Å²) in [6.07, 6.45) is 3.29. The third-order valence-corrected chi connectivity index (χ3v) is 7.78. The Morgan fingerprint density at radius 2 is 0.875 bits per heavy atom. The molecule has 0 bridgehead atoms. The Hall–Kier alpha value is -1.12. The molecule has 2 aliphatic heterocycles. The minimum Gasteiger partial charge on any atom is -0.454 e. The molecule has 0 aliphatic carbocycles. The van der Waals surface area contributed by atoms with E-state index in [9.17, 15) is 0 Å². The summed E-state index contributed by atoms with van der Waals surface area (Å²) >= 11 is 70.0. The van der Waals surface area contributed by atoms with Gasteiger partial charge in [-0.1, -0.05) is 151 Å². The number of nitrogens with zero attached hydrogens (tertiary/aromatic N) is 6. The SMILES string of the molecule is ClC(Cl)(Cl)c1nc(-c2ccc3c(c2)OCO3)nc(C(Cl)(Cl)Cl)n1.ClC(Cl)(Cl)c1nc(C=Cc2ccc3c(c2)OCO3)nc(C(Cl)(Cl)Cl)n1. The molecule has 0 saturated heterocycles. The first-order valence-electron chi connectivity index (χ1n) is 12.6. The molecule has 48 heavy (non-hydrogen) atoms. The van der Waals surface area contributed by atoms with Crippen LogP contribution in [0, 0.1) is 0 Å². The number of fused-ring (bicyclic) bond motifs is 2. The van der Waals surface area contributed by atoms with E-state index in [4.69, 9.17) is 158 Å². The van der Waals surface area contributed by atoms with Gasteiger partial charge in [-0.3, -0.25) is 0 Å². The second kappa shape index (κ2) is 14.9. The predicted molar refractivity (Wildman–Crippen MR) is 190 cm³/mol. The van der Waals surface area contributed by atoms with E-state index in [1.807, 2.05) is 6.07 Å². The van der Waals surface area contributed by atoms with Crippen molar-refractivity contribution in [1.29, 1.82) is 0 Å². The summed E-state index contributed by atoms with van der Waals surface area (Å²) in [7, 11) is 0. The molecule has 0 spiro atoms. The van der Waals surface area contributed by atoms with Crippen molar-refractivity contribution in [1.82, 2.24) is 29.9 Å². The summed E-state index contributed by atoms with van der Waals surface area (Å²) in [5.41, 5.74) is 1.37. The second-order valence-electron chi connectivity index (χ2n) is 9.15. The summed E-state index contributed by atoms with van der Waals surface area (Å²) < 4.78 is 13.5. The van der Waals surface area contributed by atoms with Crippen molar-refractivity contribution in [3.63, 3.8) is 0 Å². The molecule has 0 atom stereocenters. The van der Waals surface area contributed by atoms with Gasteiger partial charge in [-0.2, -0.15) is 0 Å². The molecule has 0 fully saturated rings. The van der Waals surface area contributed by atoms with E-state index in [1.54, 1.807) is 42.5 Å². The Labute approximate surface area is 331 Å². The highest BCUT2D eigenvalue weighted by molar-refractivity contribution is 6.68. The topological polar surface area (TPSA) is 114 Å². The van der Waals surface area contributed by atoms with Crippen LogP contribution in [0.25, 0.3) is 23.5 Å². The average Bonchev–Trinajstić information content (AvgIpc) is 3.67. The summed E-state index contributed by atoms with van der Waals surface area (Å²) in [6.45, 7) is 0.323. The van der Waals surface area contributed by atoms with Crippen molar-refractivity contribution in [2.75, 3.05) is 13.6 Å². The second-order valence-corrected chi connectivity index (χ2v) is 18.3. The monoisotopic (exact) mass is 892 g/mol. The van der Waals surface area contributed by atoms with Crippen molar-refractivity contribution >= 4 is 151 Å². The third kappa shape index (κ3) is 9.80. The number of hydrogen-bond acceptors (Lipinski definition) is 10. The molecule has 0 radical (unpaired) electrons. The lowest BCUT2D eigenvalue weighted by Crippen LogP contribution is -2.16. The van der Waals surface area contributed by atoms with Crippen LogP contribution < -0.4 is 18.9 Å². The number of halogens is 12. The highest BCUT2D eigenvalue weighted by Crippen LogP contribution is 2.43. The van der Waals surface area contributed by atoms with Crippen molar-refractivity contribution < 1.29 is 18.9 Å². The minimum atomic E-state index is -1.90. The first-order valence-corrected chi connectivity index (χ1v) is 17.1. The average molecular weight is 898 g/mol. The largest absolute Gasteiger partial charge is 0.454 e. The quantitative estimate of drug-likeness (QED) is 0.184. The van der Waals surface area contributed by atoms with Gasteiger partial charge in [-0.15, -0.1) is 0 Å². The van der Waals surface area contributed by atoms with Crippen LogP contribution in [0.15, 0.2) is 36.4 Å². The zero-order chi connectivity index (χ0) is 35.1. The van der Waals surface area contributed by atoms with Crippen LogP contribution >= 0.6 is 139 Å². The van der Waals surface area contributed by atoms with Gasteiger partial charge in [0.25, 0.3) is 0 Å². The van der Waals surface area contributed by atoms with Crippen LogP contribution in [0.4, 0.5) is 0 Å². The molecule has 2 aliphatic rings. The lowest BCUT2D eigenvalue weighted by molar-refractivity contribution is 0.173. The number of rotatable bonds is 3. The van der Waals surface area contributed by atoms with Crippen molar-refractivity contribution in [3.05, 3.63) is 71.1 Å². The van der Waals surface area contributed by atoms with Crippen molar-refractivity contribution in [2.45, 2.75) is 15.2 Å². The zero-order valence-corrected chi connectivity index (χ0v) is 32.0. The maximum atomic E-state index is 5.84. The van der Waals surface area contributed by atoms with Crippen LogP contribution in [0.5, 0.6) is 23.0 Å². The van der Waals surface area contributed by atoms with Gasteiger partial charge < -0.3 is 18.9 Å². The molecule has 4 aromatic rings. The Morgan fingerprint density at radius 1 is 0.458 bits per heavy atom. The summed E-state index contributed by atoms with van der Waals surface area (Å²) in [6, 6.07) is 10.5. The predicted octanol–water partition coefficient (Wildman–Crippen LogP) is 10.3. The van der Waals surface area contributed by atoms with Gasteiger partial charge in [0, 0.05) is 5.56 Å². The zero-order valence-electron chi connectivity index (χ0n) is 22.9. The van der Waals surface area contributed by atoms with Crippen LogP contribution in [-0.4, -0.2) is 43.5 Å². The first-order chi connectivity index (χ1) is 22.3. The Kier molecular flexibility index (Phi) is 11.8. The normalized spacial score (nSPS) is 14.2. The van der Waals surface area contributed by atoms with E-state index in [2.05, 4.69) is 29.9 Å². The molecular formula is C26H12Cl12N6O4. The number of benzene rings is 2. The molecule has 4 heterocycles. The maximum absolute atomic E-state index is 5.84. The Balaban J connectivity index is 0.000000188. The van der Waals surface area contributed by atoms with Gasteiger partial charge in [0.2, 0.25) is 28.8 Å². The lowest BCUT2D eigenvalue weighted by Gasteiger charge is -2.15. The third-order valence-electron chi connectivity index (χ3n) is 5.75. The van der Waals surface area contributed by atoms with E-state index < -0.39 is 15.2 Å². The van der Waals surface area contributed by atoms with Gasteiger partial charge >= 0.3 is 0 Å². The number of hydrogen-bond donors (Lipinski definition) is 0. The summed E-state index contributed by atoms with van der Waals surface area (Å²) in [5, 5.41) is 0. The molecule has 0 amide bonds. The Bertz CT molecular complexity index is 1800. The fraction of sp³-hybridized carbons (Fsp3) is 0.231. The first kappa shape index (κ1) is 38.1. The molecule has 0 N–H and O–H groups in total. The summed E-state index contributed by atoms with van der Waals surface area (Å²) in [5.74, 6) is 2.16. The Morgan fingerprint density at radius 3 is 1.35 bits per heavy atom. The van der Waals surface area contributed by atoms with Crippen LogP contribution in [0.1, 0.15) is 34.7 Å². The van der Waals surface area contributed by atoms with Crippen LogP contribution in [0.3, 0.4) is 0 Å². The van der Waals surface area contributed by atoms with E-state index in [1.165, 1.54) is 0 Å². The van der Waals surface area contributed by atoms with E-state index in [0.29, 0.717) is 28.6 Å². The molecule has 10 nitrogen and oxygen atoms in total.